The summed E-state index contributed by atoms with van der Waals surface area (Å²) in [6.45, 7) is 4.10. The molecule has 3 aliphatic rings. The molecule has 3 unspecified atom stereocenters. The number of rotatable bonds is 2. The van der Waals surface area contributed by atoms with E-state index in [-0.39, 0.29) is 12.1 Å². The predicted octanol–water partition coefficient (Wildman–Crippen LogP) is 1.77. The lowest BCUT2D eigenvalue weighted by molar-refractivity contribution is 0.176. The first-order valence-corrected chi connectivity index (χ1v) is 9.21. The zero-order valence-electron chi connectivity index (χ0n) is 14.9. The van der Waals surface area contributed by atoms with Crippen molar-refractivity contribution in [2.75, 3.05) is 4.90 Å². The smallest absolute Gasteiger partial charge is 0.208 e. The van der Waals surface area contributed by atoms with Gasteiger partial charge in [-0.2, -0.15) is 10.4 Å². The van der Waals surface area contributed by atoms with Crippen LogP contribution < -0.4 is 10.3 Å². The molecule has 1 fully saturated rings. The summed E-state index contributed by atoms with van der Waals surface area (Å²) in [7, 11) is 0. The van der Waals surface area contributed by atoms with E-state index in [0.29, 0.717) is 23.5 Å². The normalized spacial score (nSPS) is 26.6. The Bertz CT molecular complexity index is 915. The van der Waals surface area contributed by atoms with Crippen LogP contribution in [0.15, 0.2) is 17.6 Å². The molecule has 9 heteroatoms. The van der Waals surface area contributed by atoms with Gasteiger partial charge in [0, 0.05) is 12.0 Å². The molecule has 2 aromatic heterocycles. The quantitative estimate of drug-likeness (QED) is 0.885. The molecule has 0 spiro atoms. The average molecular weight is 351 g/mol. The summed E-state index contributed by atoms with van der Waals surface area (Å²) in [6.07, 6.45) is 10.8. The third kappa shape index (κ3) is 1.95. The average Bonchev–Trinajstić information content (AvgIpc) is 3.37. The first-order chi connectivity index (χ1) is 12.7. The van der Waals surface area contributed by atoms with Gasteiger partial charge in [0.05, 0.1) is 18.2 Å². The fraction of sp³-hybridized carbons (Fsp3) is 0.588. The molecule has 134 valence electrons. The van der Waals surface area contributed by atoms with Crippen molar-refractivity contribution in [3.8, 4) is 6.19 Å². The van der Waals surface area contributed by atoms with Gasteiger partial charge in [0.15, 0.2) is 5.84 Å². The number of fused-ring (bicyclic) bond motifs is 6. The Morgan fingerprint density at radius 3 is 2.96 bits per heavy atom. The minimum atomic E-state index is 0.0848. The summed E-state index contributed by atoms with van der Waals surface area (Å²) in [6, 6.07) is 0.452. The van der Waals surface area contributed by atoms with Crippen molar-refractivity contribution < 1.29 is 0 Å². The van der Waals surface area contributed by atoms with Crippen LogP contribution in [0.1, 0.15) is 62.9 Å². The van der Waals surface area contributed by atoms with Crippen LogP contribution in [0.5, 0.6) is 0 Å². The van der Waals surface area contributed by atoms with Gasteiger partial charge in [-0.05, 0) is 18.8 Å². The van der Waals surface area contributed by atoms with E-state index in [1.165, 1.54) is 23.9 Å². The molecule has 3 atom stereocenters. The lowest BCUT2D eigenvalue weighted by Crippen LogP contribution is -2.54. The Kier molecular flexibility index (Phi) is 3.29. The van der Waals surface area contributed by atoms with E-state index >= 15 is 0 Å². The van der Waals surface area contributed by atoms with Crippen molar-refractivity contribution in [2.45, 2.75) is 57.7 Å². The highest BCUT2D eigenvalue weighted by Crippen LogP contribution is 2.45. The van der Waals surface area contributed by atoms with Gasteiger partial charge in [0.1, 0.15) is 17.7 Å². The second kappa shape index (κ2) is 5.56. The van der Waals surface area contributed by atoms with E-state index in [1.807, 2.05) is 26.4 Å². The molecule has 1 aliphatic carbocycles. The zero-order chi connectivity index (χ0) is 17.8. The number of nitriles is 1. The third-order valence-electron chi connectivity index (χ3n) is 5.80. The summed E-state index contributed by atoms with van der Waals surface area (Å²) >= 11 is 0. The number of nitrogens with zero attached hydrogens (tertiary/aromatic N) is 8. The van der Waals surface area contributed by atoms with Crippen LogP contribution >= 0.6 is 0 Å². The summed E-state index contributed by atoms with van der Waals surface area (Å²) in [5.74, 6) is 2.32. The van der Waals surface area contributed by atoms with Crippen molar-refractivity contribution in [2.24, 2.45) is 11.0 Å². The standard InChI is InChI=1S/C17H21N9/c1-10(2)14-15(25(8-18)23-20-14)17-22-21-16-11-5-3-4-6-12(11)24-9-19-7-13(24)26(16)17/h7,9-12,16,21H,3-6H2,1-2H3. The van der Waals surface area contributed by atoms with Gasteiger partial charge < -0.3 is 4.57 Å². The van der Waals surface area contributed by atoms with E-state index in [0.717, 1.165) is 17.9 Å². The second-order valence-electron chi connectivity index (χ2n) is 7.54. The number of hydrogen-bond acceptors (Lipinski definition) is 7. The number of hydrazone groups is 1. The molecule has 9 nitrogen and oxygen atoms in total. The number of hydrogen-bond donors (Lipinski definition) is 1. The SMILES string of the molecule is CC(C)c1nnn(C#N)c1C1=NNC2C3CCCCC3n3cncc3N12. The van der Waals surface area contributed by atoms with Gasteiger partial charge in [-0.1, -0.05) is 31.9 Å². The van der Waals surface area contributed by atoms with Crippen LogP contribution in [0.2, 0.25) is 0 Å². The van der Waals surface area contributed by atoms with Gasteiger partial charge in [0.2, 0.25) is 6.19 Å². The Labute approximate surface area is 151 Å². The lowest BCUT2D eigenvalue weighted by atomic mass is 9.80. The Morgan fingerprint density at radius 2 is 2.15 bits per heavy atom. The minimum Gasteiger partial charge on any atom is -0.314 e. The van der Waals surface area contributed by atoms with Crippen molar-refractivity contribution >= 4 is 11.7 Å². The van der Waals surface area contributed by atoms with E-state index in [2.05, 4.69) is 41.5 Å². The van der Waals surface area contributed by atoms with Crippen LogP contribution in [0.25, 0.3) is 0 Å². The molecule has 0 radical (unpaired) electrons. The summed E-state index contributed by atoms with van der Waals surface area (Å²) < 4.78 is 3.55. The maximum atomic E-state index is 9.51. The van der Waals surface area contributed by atoms with Crippen molar-refractivity contribution in [1.82, 2.24) is 30.0 Å². The third-order valence-corrected chi connectivity index (χ3v) is 5.80. The van der Waals surface area contributed by atoms with E-state index < -0.39 is 0 Å². The molecule has 0 aromatic carbocycles. The topological polar surface area (TPSA) is 99.9 Å². The van der Waals surface area contributed by atoms with E-state index in [4.69, 9.17) is 0 Å². The number of aromatic nitrogens is 5. The van der Waals surface area contributed by atoms with Crippen LogP contribution in [0, 0.1) is 17.4 Å². The highest BCUT2D eigenvalue weighted by Gasteiger charge is 2.47. The monoisotopic (exact) mass is 351 g/mol. The Balaban J connectivity index is 1.65. The van der Waals surface area contributed by atoms with Gasteiger partial charge >= 0.3 is 0 Å². The number of anilines is 1. The molecule has 26 heavy (non-hydrogen) atoms. The highest BCUT2D eigenvalue weighted by molar-refractivity contribution is 6.10. The molecule has 0 saturated heterocycles. The van der Waals surface area contributed by atoms with Gasteiger partial charge in [0.25, 0.3) is 0 Å². The Hall–Kier alpha value is -2.89. The first kappa shape index (κ1) is 15.4. The number of amidine groups is 1. The highest BCUT2D eigenvalue weighted by atomic mass is 15.6. The van der Waals surface area contributed by atoms with Crippen LogP contribution in [0.4, 0.5) is 5.82 Å². The van der Waals surface area contributed by atoms with Crippen molar-refractivity contribution in [3.63, 3.8) is 0 Å². The van der Waals surface area contributed by atoms with Crippen LogP contribution in [0.3, 0.4) is 0 Å². The number of nitrogens with one attached hydrogen (secondary N) is 1. The minimum absolute atomic E-state index is 0.0848. The Morgan fingerprint density at radius 1 is 1.31 bits per heavy atom. The molecule has 1 N–H and O–H groups in total. The predicted molar refractivity (Wildman–Crippen MR) is 94.3 cm³/mol. The van der Waals surface area contributed by atoms with Gasteiger partial charge in [-0.15, -0.1) is 9.78 Å². The van der Waals surface area contributed by atoms with E-state index in [1.54, 1.807) is 0 Å². The summed E-state index contributed by atoms with van der Waals surface area (Å²) in [5, 5.41) is 22.4. The number of imidazole rings is 1. The maximum absolute atomic E-state index is 9.51. The molecule has 2 aromatic rings. The molecule has 1 saturated carbocycles. The first-order valence-electron chi connectivity index (χ1n) is 9.21. The lowest BCUT2D eigenvalue weighted by Gasteiger charge is -2.45. The maximum Gasteiger partial charge on any atom is 0.208 e. The van der Waals surface area contributed by atoms with Crippen LogP contribution in [-0.2, 0) is 0 Å². The molecule has 0 bridgehead atoms. The van der Waals surface area contributed by atoms with E-state index in [9.17, 15) is 5.26 Å². The molecular weight excluding hydrogens is 330 g/mol. The summed E-state index contributed by atoms with van der Waals surface area (Å²) in [4.78, 5) is 6.59. The molecule has 5 rings (SSSR count). The van der Waals surface area contributed by atoms with Crippen LogP contribution in [-0.4, -0.2) is 36.5 Å². The second-order valence-corrected chi connectivity index (χ2v) is 7.54. The zero-order valence-corrected chi connectivity index (χ0v) is 14.9. The van der Waals surface area contributed by atoms with Crippen molar-refractivity contribution in [1.29, 1.82) is 5.26 Å². The largest absolute Gasteiger partial charge is 0.314 e. The molecular formula is C17H21N9. The van der Waals surface area contributed by atoms with Gasteiger partial charge in [-0.3, -0.25) is 10.3 Å². The summed E-state index contributed by atoms with van der Waals surface area (Å²) in [5.41, 5.74) is 4.79. The molecule has 2 aliphatic heterocycles. The molecule has 4 heterocycles. The fourth-order valence-corrected chi connectivity index (χ4v) is 4.63. The van der Waals surface area contributed by atoms with Crippen molar-refractivity contribution in [3.05, 3.63) is 23.9 Å². The molecule has 0 amide bonds. The van der Waals surface area contributed by atoms with Gasteiger partial charge in [-0.25, -0.2) is 4.98 Å². The fourth-order valence-electron chi connectivity index (χ4n) is 4.63.